The van der Waals surface area contributed by atoms with E-state index in [2.05, 4.69) is 10.6 Å². The summed E-state index contributed by atoms with van der Waals surface area (Å²) in [6, 6.07) is 21.9. The van der Waals surface area contributed by atoms with Crippen LogP contribution in [0.1, 0.15) is 36.8 Å². The Kier molecular flexibility index (Phi) is 12.2. The summed E-state index contributed by atoms with van der Waals surface area (Å²) >= 11 is 24.1. The van der Waals surface area contributed by atoms with E-state index in [1.54, 1.807) is 36.4 Å². The fraction of sp³-hybridized carbons (Fsp3) is 0.235. The Morgan fingerprint density at radius 3 is 1.36 bits per heavy atom. The molecule has 0 fully saturated rings. The number of rotatable bonds is 13. The highest BCUT2D eigenvalue weighted by atomic mass is 35.5. The van der Waals surface area contributed by atoms with E-state index in [9.17, 15) is 9.59 Å². The summed E-state index contributed by atoms with van der Waals surface area (Å²) in [6.07, 6.45) is 1.69. The number of benzene rings is 4. The molecule has 0 spiro atoms. The number of ether oxygens (including phenoxy) is 2. The van der Waals surface area contributed by atoms with Gasteiger partial charge in [0.05, 0.1) is 23.3 Å². The Morgan fingerprint density at radius 1 is 0.591 bits per heavy atom. The van der Waals surface area contributed by atoms with Crippen molar-refractivity contribution in [3.05, 3.63) is 104 Å². The SMILES string of the molecule is Cc1cc(-c2ccc(NC(=O)CCCOc3ccc(Cl)cc3Cl)c(C)c2)ccc1NC(=O)CCCOc1ccc(Cl)cc1Cl. The zero-order valence-corrected chi connectivity index (χ0v) is 27.3. The smallest absolute Gasteiger partial charge is 0.224 e. The number of carbonyl (C=O) groups excluding carboxylic acids is 2. The van der Waals surface area contributed by atoms with Gasteiger partial charge in [-0.05, 0) is 110 Å². The molecular formula is C34H32Cl4N2O4. The van der Waals surface area contributed by atoms with Gasteiger partial charge >= 0.3 is 0 Å². The van der Waals surface area contributed by atoms with Crippen LogP contribution in [0.4, 0.5) is 11.4 Å². The van der Waals surface area contributed by atoms with Gasteiger partial charge in [-0.3, -0.25) is 9.59 Å². The normalized spacial score (nSPS) is 10.8. The van der Waals surface area contributed by atoms with Crippen molar-refractivity contribution in [3.8, 4) is 22.6 Å². The van der Waals surface area contributed by atoms with E-state index < -0.39 is 0 Å². The minimum atomic E-state index is -0.0945. The summed E-state index contributed by atoms with van der Waals surface area (Å²) in [7, 11) is 0. The van der Waals surface area contributed by atoms with Gasteiger partial charge in [0, 0.05) is 34.3 Å². The minimum Gasteiger partial charge on any atom is -0.492 e. The molecular weight excluding hydrogens is 642 g/mol. The molecule has 4 aromatic rings. The molecule has 2 amide bonds. The molecule has 0 saturated carbocycles. The van der Waals surface area contributed by atoms with Crippen LogP contribution >= 0.6 is 46.4 Å². The summed E-state index contributed by atoms with van der Waals surface area (Å²) in [5.74, 6) is 0.887. The van der Waals surface area contributed by atoms with Crippen LogP contribution in [0.15, 0.2) is 72.8 Å². The van der Waals surface area contributed by atoms with Gasteiger partial charge in [-0.2, -0.15) is 0 Å². The zero-order chi connectivity index (χ0) is 31.6. The van der Waals surface area contributed by atoms with Crippen molar-refractivity contribution in [2.75, 3.05) is 23.8 Å². The number of hydrogen-bond donors (Lipinski definition) is 2. The first-order chi connectivity index (χ1) is 21.1. The van der Waals surface area contributed by atoms with Crippen LogP contribution in [0.3, 0.4) is 0 Å². The number of hydrogen-bond acceptors (Lipinski definition) is 4. The third-order valence-electron chi connectivity index (χ3n) is 6.73. The average molecular weight is 674 g/mol. The summed E-state index contributed by atoms with van der Waals surface area (Å²) in [5.41, 5.74) is 5.40. The van der Waals surface area contributed by atoms with Crippen molar-refractivity contribution in [1.29, 1.82) is 0 Å². The molecule has 0 unspecified atom stereocenters. The van der Waals surface area contributed by atoms with Crippen molar-refractivity contribution in [1.82, 2.24) is 0 Å². The predicted octanol–water partition coefficient (Wildman–Crippen LogP) is 10.2. The van der Waals surface area contributed by atoms with E-state index in [1.165, 1.54) is 0 Å². The van der Waals surface area contributed by atoms with Crippen LogP contribution in [0.25, 0.3) is 11.1 Å². The molecule has 0 aromatic heterocycles. The average Bonchev–Trinajstić information content (AvgIpc) is 2.97. The molecule has 6 nitrogen and oxygen atoms in total. The zero-order valence-electron chi connectivity index (χ0n) is 24.3. The van der Waals surface area contributed by atoms with E-state index in [0.717, 1.165) is 33.6 Å². The molecule has 2 N–H and O–H groups in total. The summed E-state index contributed by atoms with van der Waals surface area (Å²) in [4.78, 5) is 25.0. The Hall–Kier alpha value is -3.42. The number of aryl methyl sites for hydroxylation is 2. The second kappa shape index (κ2) is 16.1. The second-order valence-electron chi connectivity index (χ2n) is 10.2. The van der Waals surface area contributed by atoms with Gasteiger partial charge in [0.25, 0.3) is 0 Å². The molecule has 0 bridgehead atoms. The van der Waals surface area contributed by atoms with Crippen LogP contribution in [-0.2, 0) is 9.59 Å². The Labute approximate surface area is 277 Å². The summed E-state index contributed by atoms with van der Waals surface area (Å²) in [5, 5.41) is 7.90. The molecule has 4 aromatic carbocycles. The van der Waals surface area contributed by atoms with Gasteiger partial charge in [0.2, 0.25) is 11.8 Å². The first-order valence-corrected chi connectivity index (χ1v) is 15.6. The van der Waals surface area contributed by atoms with Gasteiger partial charge in [0.1, 0.15) is 11.5 Å². The quantitative estimate of drug-likeness (QED) is 0.139. The molecule has 44 heavy (non-hydrogen) atoms. The van der Waals surface area contributed by atoms with Crippen molar-refractivity contribution in [2.45, 2.75) is 39.5 Å². The van der Waals surface area contributed by atoms with Crippen LogP contribution < -0.4 is 20.1 Å². The molecule has 0 atom stereocenters. The van der Waals surface area contributed by atoms with E-state index in [0.29, 0.717) is 70.5 Å². The van der Waals surface area contributed by atoms with Crippen molar-refractivity contribution in [2.24, 2.45) is 0 Å². The maximum absolute atomic E-state index is 12.5. The van der Waals surface area contributed by atoms with E-state index >= 15 is 0 Å². The fourth-order valence-corrected chi connectivity index (χ4v) is 5.33. The molecule has 230 valence electrons. The standard InChI is InChI=1S/C34H32Cl4N2O4/c1-21-17-23(7-11-29(21)39-33(41)5-3-15-43-31-13-9-25(35)19-27(31)37)24-8-12-30(22(2)18-24)40-34(42)6-4-16-44-32-14-10-26(36)20-28(32)38/h7-14,17-20H,3-6,15-16H2,1-2H3,(H,39,41)(H,40,42). The highest BCUT2D eigenvalue weighted by molar-refractivity contribution is 6.36. The minimum absolute atomic E-state index is 0.0945. The number of carbonyl (C=O) groups is 2. The molecule has 0 aliphatic rings. The predicted molar refractivity (Wildman–Crippen MR) is 181 cm³/mol. The molecule has 0 aliphatic carbocycles. The van der Waals surface area contributed by atoms with E-state index in [4.69, 9.17) is 55.9 Å². The molecule has 10 heteroatoms. The molecule has 4 rings (SSSR count). The third-order valence-corrected chi connectivity index (χ3v) is 7.79. The van der Waals surface area contributed by atoms with Crippen LogP contribution in [-0.4, -0.2) is 25.0 Å². The molecule has 0 heterocycles. The molecule has 0 aliphatic heterocycles. The highest BCUT2D eigenvalue weighted by Crippen LogP contribution is 2.30. The van der Waals surface area contributed by atoms with Crippen LogP contribution in [0.2, 0.25) is 20.1 Å². The first-order valence-electron chi connectivity index (χ1n) is 14.1. The van der Waals surface area contributed by atoms with E-state index in [1.807, 2.05) is 50.2 Å². The van der Waals surface area contributed by atoms with Gasteiger partial charge in [-0.15, -0.1) is 0 Å². The van der Waals surface area contributed by atoms with Crippen LogP contribution in [0, 0.1) is 13.8 Å². The third kappa shape index (κ3) is 9.80. The second-order valence-corrected chi connectivity index (χ2v) is 11.9. The maximum atomic E-state index is 12.5. The number of nitrogens with one attached hydrogen (secondary N) is 2. The summed E-state index contributed by atoms with van der Waals surface area (Å²) in [6.45, 7) is 4.63. The van der Waals surface area contributed by atoms with Crippen molar-refractivity contribution in [3.63, 3.8) is 0 Å². The molecule has 0 saturated heterocycles. The maximum Gasteiger partial charge on any atom is 0.224 e. The fourth-order valence-electron chi connectivity index (χ4n) is 4.41. The topological polar surface area (TPSA) is 76.7 Å². The lowest BCUT2D eigenvalue weighted by Crippen LogP contribution is -2.14. The summed E-state index contributed by atoms with van der Waals surface area (Å²) < 4.78 is 11.3. The Balaban J connectivity index is 1.23. The van der Waals surface area contributed by atoms with Gasteiger partial charge < -0.3 is 20.1 Å². The monoisotopic (exact) mass is 672 g/mol. The van der Waals surface area contributed by atoms with Gasteiger partial charge in [0.15, 0.2) is 0 Å². The van der Waals surface area contributed by atoms with Gasteiger partial charge in [-0.1, -0.05) is 58.5 Å². The Bertz CT molecular complexity index is 1520. The Morgan fingerprint density at radius 2 is 1.00 bits per heavy atom. The van der Waals surface area contributed by atoms with Crippen LogP contribution in [0.5, 0.6) is 11.5 Å². The van der Waals surface area contributed by atoms with Crippen molar-refractivity contribution < 1.29 is 19.1 Å². The number of amides is 2. The first kappa shape index (κ1) is 33.5. The number of anilines is 2. The number of halogens is 4. The highest BCUT2D eigenvalue weighted by Gasteiger charge is 2.11. The molecule has 0 radical (unpaired) electrons. The largest absolute Gasteiger partial charge is 0.492 e. The van der Waals surface area contributed by atoms with Crippen molar-refractivity contribution >= 4 is 69.6 Å². The lowest BCUT2D eigenvalue weighted by atomic mass is 10.00. The van der Waals surface area contributed by atoms with E-state index in [-0.39, 0.29) is 11.8 Å². The van der Waals surface area contributed by atoms with Gasteiger partial charge in [-0.25, -0.2) is 0 Å². The lowest BCUT2D eigenvalue weighted by molar-refractivity contribution is -0.117. The lowest BCUT2D eigenvalue weighted by Gasteiger charge is -2.13.